The zero-order valence-corrected chi connectivity index (χ0v) is 14.6. The van der Waals surface area contributed by atoms with E-state index in [1.54, 1.807) is 0 Å². The van der Waals surface area contributed by atoms with Crippen LogP contribution in [0.4, 0.5) is 0 Å². The lowest BCUT2D eigenvalue weighted by molar-refractivity contribution is 0.353. The number of benzene rings is 2. The van der Waals surface area contributed by atoms with Crippen molar-refractivity contribution >= 4 is 0 Å². The Morgan fingerprint density at radius 1 is 0.818 bits per heavy atom. The fourth-order valence-corrected chi connectivity index (χ4v) is 3.24. The molecule has 118 valence electrons. The molecule has 0 aliphatic rings. The van der Waals surface area contributed by atoms with Gasteiger partial charge < -0.3 is 5.11 Å². The van der Waals surface area contributed by atoms with Gasteiger partial charge in [-0.1, -0.05) is 77.9 Å². The van der Waals surface area contributed by atoms with Gasteiger partial charge in [0.05, 0.1) is 0 Å². The Hall–Kier alpha value is -1.76. The lowest BCUT2D eigenvalue weighted by atomic mass is 9.68. The van der Waals surface area contributed by atoms with Crippen LogP contribution in [0, 0.1) is 5.41 Å². The highest BCUT2D eigenvalue weighted by Crippen LogP contribution is 2.44. The van der Waals surface area contributed by atoms with E-state index in [4.69, 9.17) is 0 Å². The van der Waals surface area contributed by atoms with Gasteiger partial charge in [-0.05, 0) is 39.7 Å². The van der Waals surface area contributed by atoms with Crippen molar-refractivity contribution in [3.63, 3.8) is 0 Å². The average molecular weight is 296 g/mol. The molecule has 2 aromatic rings. The Labute approximate surface area is 135 Å². The molecule has 2 aromatic carbocycles. The maximum atomic E-state index is 9.96. The highest BCUT2D eigenvalue weighted by molar-refractivity contribution is 5.46. The van der Waals surface area contributed by atoms with Gasteiger partial charge >= 0.3 is 0 Å². The van der Waals surface area contributed by atoms with Gasteiger partial charge in [0, 0.05) is 5.92 Å². The standard InChI is InChI=1S/C21H28O/c1-20(2,3)18-14-16(22)12-13-17(18)19(21(4,5)6)15-10-8-7-9-11-15/h7-14,19,22H,1-6H3. The van der Waals surface area contributed by atoms with E-state index in [1.165, 1.54) is 16.7 Å². The second-order valence-corrected chi connectivity index (χ2v) is 8.23. The van der Waals surface area contributed by atoms with E-state index < -0.39 is 0 Å². The van der Waals surface area contributed by atoms with Crippen molar-refractivity contribution in [2.45, 2.75) is 52.9 Å². The number of rotatable bonds is 2. The minimum atomic E-state index is -0.00759. The summed E-state index contributed by atoms with van der Waals surface area (Å²) >= 11 is 0. The number of hydrogen-bond acceptors (Lipinski definition) is 1. The van der Waals surface area contributed by atoms with E-state index in [2.05, 4.69) is 77.9 Å². The third-order valence-electron chi connectivity index (χ3n) is 4.15. The lowest BCUT2D eigenvalue weighted by Gasteiger charge is -2.36. The Balaban J connectivity index is 2.69. The number of hydrogen-bond donors (Lipinski definition) is 1. The molecule has 0 radical (unpaired) electrons. The maximum absolute atomic E-state index is 9.96. The Bertz CT molecular complexity index is 627. The highest BCUT2D eigenvalue weighted by Gasteiger charge is 2.32. The van der Waals surface area contributed by atoms with Crippen molar-refractivity contribution in [1.29, 1.82) is 0 Å². The fraction of sp³-hybridized carbons (Fsp3) is 0.429. The summed E-state index contributed by atoms with van der Waals surface area (Å²) in [5, 5.41) is 9.96. The molecule has 0 heterocycles. The van der Waals surface area contributed by atoms with Crippen LogP contribution in [0.2, 0.25) is 0 Å². The molecule has 0 saturated heterocycles. The minimum absolute atomic E-state index is 0.00759. The van der Waals surface area contributed by atoms with Crippen molar-refractivity contribution in [3.05, 3.63) is 65.2 Å². The molecule has 0 fully saturated rings. The smallest absolute Gasteiger partial charge is 0.115 e. The fourth-order valence-electron chi connectivity index (χ4n) is 3.24. The summed E-state index contributed by atoms with van der Waals surface area (Å²) < 4.78 is 0. The van der Waals surface area contributed by atoms with E-state index in [9.17, 15) is 5.11 Å². The largest absolute Gasteiger partial charge is 0.508 e. The normalized spacial score (nSPS) is 13.9. The van der Waals surface area contributed by atoms with E-state index >= 15 is 0 Å². The molecular weight excluding hydrogens is 268 g/mol. The molecule has 1 N–H and O–H groups in total. The first-order valence-electron chi connectivity index (χ1n) is 7.99. The summed E-state index contributed by atoms with van der Waals surface area (Å²) in [6.07, 6.45) is 0. The van der Waals surface area contributed by atoms with E-state index in [-0.39, 0.29) is 10.8 Å². The van der Waals surface area contributed by atoms with Crippen LogP contribution >= 0.6 is 0 Å². The van der Waals surface area contributed by atoms with Crippen LogP contribution in [0.15, 0.2) is 48.5 Å². The first kappa shape index (κ1) is 16.6. The van der Waals surface area contributed by atoms with Crippen molar-refractivity contribution in [3.8, 4) is 5.75 Å². The zero-order valence-electron chi connectivity index (χ0n) is 14.6. The summed E-state index contributed by atoms with van der Waals surface area (Å²) in [5.41, 5.74) is 3.94. The molecule has 0 amide bonds. The molecule has 0 aliphatic heterocycles. The second-order valence-electron chi connectivity index (χ2n) is 8.23. The van der Waals surface area contributed by atoms with E-state index in [1.807, 2.05) is 12.1 Å². The summed E-state index contributed by atoms with van der Waals surface area (Å²) in [6, 6.07) is 16.5. The number of aromatic hydroxyl groups is 1. The van der Waals surface area contributed by atoms with Gasteiger partial charge in [0.1, 0.15) is 5.75 Å². The van der Waals surface area contributed by atoms with Crippen molar-refractivity contribution in [1.82, 2.24) is 0 Å². The SMILES string of the molecule is CC(C)(C)c1cc(O)ccc1C(c1ccccc1)C(C)(C)C. The van der Waals surface area contributed by atoms with Crippen LogP contribution < -0.4 is 0 Å². The van der Waals surface area contributed by atoms with Gasteiger partial charge in [0.25, 0.3) is 0 Å². The molecule has 1 heteroatoms. The summed E-state index contributed by atoms with van der Waals surface area (Å²) in [5.74, 6) is 0.637. The molecule has 1 unspecified atom stereocenters. The monoisotopic (exact) mass is 296 g/mol. The van der Waals surface area contributed by atoms with Crippen molar-refractivity contribution < 1.29 is 5.11 Å². The van der Waals surface area contributed by atoms with Crippen molar-refractivity contribution in [2.24, 2.45) is 5.41 Å². The van der Waals surface area contributed by atoms with Gasteiger partial charge in [-0.3, -0.25) is 0 Å². The molecule has 2 rings (SSSR count). The Kier molecular flexibility index (Phi) is 4.37. The Morgan fingerprint density at radius 3 is 1.91 bits per heavy atom. The number of phenolic OH excluding ortho intramolecular Hbond substituents is 1. The molecule has 0 aliphatic carbocycles. The lowest BCUT2D eigenvalue weighted by Crippen LogP contribution is -2.24. The zero-order chi connectivity index (χ0) is 16.5. The number of phenols is 1. The molecule has 0 bridgehead atoms. The quantitative estimate of drug-likeness (QED) is 0.735. The van der Waals surface area contributed by atoms with Gasteiger partial charge in [0.15, 0.2) is 0 Å². The predicted molar refractivity (Wildman–Crippen MR) is 94.5 cm³/mol. The molecule has 0 aromatic heterocycles. The Morgan fingerprint density at radius 2 is 1.41 bits per heavy atom. The average Bonchev–Trinajstić information content (AvgIpc) is 2.39. The molecule has 0 saturated carbocycles. The van der Waals surface area contributed by atoms with Gasteiger partial charge in [-0.25, -0.2) is 0 Å². The first-order valence-corrected chi connectivity index (χ1v) is 7.99. The highest BCUT2D eigenvalue weighted by atomic mass is 16.3. The molecule has 22 heavy (non-hydrogen) atoms. The van der Waals surface area contributed by atoms with Crippen LogP contribution in [0.25, 0.3) is 0 Å². The van der Waals surface area contributed by atoms with Crippen LogP contribution in [-0.2, 0) is 5.41 Å². The van der Waals surface area contributed by atoms with Crippen LogP contribution in [0.5, 0.6) is 5.75 Å². The molecule has 0 spiro atoms. The van der Waals surface area contributed by atoms with Crippen LogP contribution in [0.3, 0.4) is 0 Å². The van der Waals surface area contributed by atoms with E-state index in [0.29, 0.717) is 11.7 Å². The molecule has 1 atom stereocenters. The molecular formula is C21H28O. The molecule has 1 nitrogen and oxygen atoms in total. The van der Waals surface area contributed by atoms with Crippen LogP contribution in [0.1, 0.15) is 64.2 Å². The topological polar surface area (TPSA) is 20.2 Å². The van der Waals surface area contributed by atoms with Gasteiger partial charge in [0.2, 0.25) is 0 Å². The minimum Gasteiger partial charge on any atom is -0.508 e. The third-order valence-corrected chi connectivity index (χ3v) is 4.15. The van der Waals surface area contributed by atoms with Gasteiger partial charge in [-0.2, -0.15) is 0 Å². The predicted octanol–water partition coefficient (Wildman–Crippen LogP) is 5.87. The van der Waals surface area contributed by atoms with Crippen molar-refractivity contribution in [2.75, 3.05) is 0 Å². The summed E-state index contributed by atoms with van der Waals surface area (Å²) in [4.78, 5) is 0. The van der Waals surface area contributed by atoms with Gasteiger partial charge in [-0.15, -0.1) is 0 Å². The summed E-state index contributed by atoms with van der Waals surface area (Å²) in [6.45, 7) is 13.5. The van der Waals surface area contributed by atoms with E-state index in [0.717, 1.165) is 0 Å². The second kappa shape index (κ2) is 5.79. The maximum Gasteiger partial charge on any atom is 0.115 e. The third kappa shape index (κ3) is 3.52. The van der Waals surface area contributed by atoms with Crippen LogP contribution in [-0.4, -0.2) is 5.11 Å². The summed E-state index contributed by atoms with van der Waals surface area (Å²) in [7, 11) is 0. The first-order chi connectivity index (χ1) is 10.1.